The molecule has 1 saturated heterocycles. The molecule has 5 heteroatoms. The second-order valence-corrected chi connectivity index (χ2v) is 8.05. The van der Waals surface area contributed by atoms with Crippen molar-refractivity contribution in [1.29, 1.82) is 0 Å². The lowest BCUT2D eigenvalue weighted by molar-refractivity contribution is -0.130. The third kappa shape index (κ3) is 4.19. The summed E-state index contributed by atoms with van der Waals surface area (Å²) in [6.07, 6.45) is 2.23. The lowest BCUT2D eigenvalue weighted by atomic mass is 9.93. The van der Waals surface area contributed by atoms with Gasteiger partial charge >= 0.3 is 0 Å². The Bertz CT molecular complexity index is 856. The van der Waals surface area contributed by atoms with Crippen molar-refractivity contribution in [2.75, 3.05) is 13.1 Å². The van der Waals surface area contributed by atoms with Gasteiger partial charge in [-0.3, -0.25) is 9.59 Å². The van der Waals surface area contributed by atoms with Gasteiger partial charge in [-0.05, 0) is 43.0 Å². The number of benzene rings is 2. The zero-order chi connectivity index (χ0) is 19.7. The molecule has 0 spiro atoms. The van der Waals surface area contributed by atoms with Gasteiger partial charge in [0, 0.05) is 24.9 Å². The molecule has 28 heavy (non-hydrogen) atoms. The van der Waals surface area contributed by atoms with Gasteiger partial charge < -0.3 is 15.3 Å². The molecule has 0 radical (unpaired) electrons. The molecule has 146 valence electrons. The van der Waals surface area contributed by atoms with E-state index in [1.54, 1.807) is 24.3 Å². The maximum absolute atomic E-state index is 12.9. The molecular formula is C23H26N2O3. The summed E-state index contributed by atoms with van der Waals surface area (Å²) in [7, 11) is 0. The number of likely N-dealkylation sites (tertiary alicyclic amines) is 1. The third-order valence-corrected chi connectivity index (χ3v) is 5.75. The number of phenols is 1. The second-order valence-electron chi connectivity index (χ2n) is 8.05. The number of nitrogens with one attached hydrogen (secondary N) is 1. The minimum Gasteiger partial charge on any atom is -0.508 e. The molecule has 0 bridgehead atoms. The number of aromatic hydroxyl groups is 1. The monoisotopic (exact) mass is 378 g/mol. The summed E-state index contributed by atoms with van der Waals surface area (Å²) in [5, 5.41) is 12.6. The minimum atomic E-state index is -0.0560. The molecule has 1 heterocycles. The van der Waals surface area contributed by atoms with E-state index in [2.05, 4.69) is 36.5 Å². The largest absolute Gasteiger partial charge is 0.508 e. The predicted molar refractivity (Wildman–Crippen MR) is 107 cm³/mol. The van der Waals surface area contributed by atoms with Crippen LogP contribution in [0.5, 0.6) is 5.75 Å². The molecule has 1 saturated carbocycles. The fraction of sp³-hybridized carbons (Fsp3) is 0.391. The second kappa shape index (κ2) is 7.66. The number of nitrogens with zero attached hydrogens (tertiary/aromatic N) is 1. The van der Waals surface area contributed by atoms with E-state index in [1.165, 1.54) is 5.56 Å². The van der Waals surface area contributed by atoms with Gasteiger partial charge in [-0.2, -0.15) is 0 Å². The zero-order valence-corrected chi connectivity index (χ0v) is 16.1. The first-order valence-corrected chi connectivity index (χ1v) is 9.92. The number of amides is 2. The molecule has 1 aliphatic carbocycles. The Balaban J connectivity index is 1.49. The molecular weight excluding hydrogens is 352 g/mol. The number of carbonyl (C=O) groups is 2. The van der Waals surface area contributed by atoms with Gasteiger partial charge in [0.05, 0.1) is 12.5 Å². The fourth-order valence-corrected chi connectivity index (χ4v) is 3.85. The Morgan fingerprint density at radius 3 is 2.36 bits per heavy atom. The van der Waals surface area contributed by atoms with Crippen LogP contribution in [0.2, 0.25) is 0 Å². The van der Waals surface area contributed by atoms with E-state index in [4.69, 9.17) is 0 Å². The molecule has 2 aromatic rings. The summed E-state index contributed by atoms with van der Waals surface area (Å²) < 4.78 is 0. The molecule has 2 amide bonds. The van der Waals surface area contributed by atoms with Crippen molar-refractivity contribution in [3.8, 4) is 5.75 Å². The first-order chi connectivity index (χ1) is 13.5. The fourth-order valence-electron chi connectivity index (χ4n) is 3.85. The summed E-state index contributed by atoms with van der Waals surface area (Å²) >= 11 is 0. The van der Waals surface area contributed by atoms with Crippen molar-refractivity contribution in [3.63, 3.8) is 0 Å². The number of hydrogen-bond donors (Lipinski definition) is 2. The van der Waals surface area contributed by atoms with Crippen LogP contribution in [0.1, 0.15) is 35.4 Å². The number of carbonyl (C=O) groups excluding carboxylic acids is 2. The van der Waals surface area contributed by atoms with E-state index in [-0.39, 0.29) is 35.4 Å². The van der Waals surface area contributed by atoms with Crippen molar-refractivity contribution in [2.24, 2.45) is 5.92 Å². The van der Waals surface area contributed by atoms with Crippen LogP contribution >= 0.6 is 0 Å². The van der Waals surface area contributed by atoms with Crippen LogP contribution in [0.3, 0.4) is 0 Å². The molecule has 0 aromatic heterocycles. The molecule has 2 atom stereocenters. The number of rotatable bonds is 5. The average molecular weight is 378 g/mol. The van der Waals surface area contributed by atoms with E-state index >= 15 is 0 Å². The Morgan fingerprint density at radius 1 is 1.04 bits per heavy atom. The zero-order valence-electron chi connectivity index (χ0n) is 16.1. The maximum Gasteiger partial charge on any atom is 0.227 e. The highest BCUT2D eigenvalue weighted by Crippen LogP contribution is 2.32. The number of hydrogen-bond acceptors (Lipinski definition) is 3. The van der Waals surface area contributed by atoms with Gasteiger partial charge in [0.1, 0.15) is 5.75 Å². The highest BCUT2D eigenvalue weighted by Gasteiger charge is 2.39. The van der Waals surface area contributed by atoms with Gasteiger partial charge in [-0.1, -0.05) is 42.0 Å². The maximum atomic E-state index is 12.9. The number of phenolic OH excluding ortho intramolecular Hbond substituents is 1. The van der Waals surface area contributed by atoms with Gasteiger partial charge in [-0.25, -0.2) is 0 Å². The van der Waals surface area contributed by atoms with Gasteiger partial charge in [0.25, 0.3) is 0 Å². The Morgan fingerprint density at radius 2 is 1.71 bits per heavy atom. The van der Waals surface area contributed by atoms with Crippen LogP contribution in [0.4, 0.5) is 0 Å². The van der Waals surface area contributed by atoms with Crippen molar-refractivity contribution < 1.29 is 14.7 Å². The molecule has 2 aromatic carbocycles. The van der Waals surface area contributed by atoms with Crippen molar-refractivity contribution in [3.05, 3.63) is 65.2 Å². The molecule has 4 rings (SSSR count). The molecule has 2 N–H and O–H groups in total. The van der Waals surface area contributed by atoms with E-state index in [0.717, 1.165) is 24.0 Å². The van der Waals surface area contributed by atoms with Crippen LogP contribution in [0.15, 0.2) is 48.5 Å². The van der Waals surface area contributed by atoms with Gasteiger partial charge in [0.2, 0.25) is 11.8 Å². The summed E-state index contributed by atoms with van der Waals surface area (Å²) in [5.74, 6) is 0.619. The molecule has 2 aliphatic rings. The predicted octanol–water partition coefficient (Wildman–Crippen LogP) is 2.76. The molecule has 2 fully saturated rings. The quantitative estimate of drug-likeness (QED) is 0.841. The Kier molecular flexibility index (Phi) is 5.07. The van der Waals surface area contributed by atoms with Crippen LogP contribution in [0.25, 0.3) is 0 Å². The van der Waals surface area contributed by atoms with Crippen LogP contribution in [0, 0.1) is 12.8 Å². The SMILES string of the molecule is Cc1ccc([C@@H]2CN(C(=O)Cc3ccc(O)cc3)C[C@H]2NC(=O)C2CC2)cc1. The minimum absolute atomic E-state index is 0.0472. The van der Waals surface area contributed by atoms with E-state index in [9.17, 15) is 14.7 Å². The highest BCUT2D eigenvalue weighted by atomic mass is 16.3. The summed E-state index contributed by atoms with van der Waals surface area (Å²) in [6.45, 7) is 3.20. The summed E-state index contributed by atoms with van der Waals surface area (Å²) in [5.41, 5.74) is 3.23. The number of aryl methyl sites for hydroxylation is 1. The first kappa shape index (κ1) is 18.5. The third-order valence-electron chi connectivity index (χ3n) is 5.75. The average Bonchev–Trinajstić information content (AvgIpc) is 3.45. The smallest absolute Gasteiger partial charge is 0.227 e. The molecule has 1 aliphatic heterocycles. The lowest BCUT2D eigenvalue weighted by Gasteiger charge is -2.20. The molecule has 5 nitrogen and oxygen atoms in total. The van der Waals surface area contributed by atoms with Crippen LogP contribution in [-0.4, -0.2) is 41.0 Å². The van der Waals surface area contributed by atoms with Gasteiger partial charge in [-0.15, -0.1) is 0 Å². The highest BCUT2D eigenvalue weighted by molar-refractivity contribution is 5.82. The summed E-state index contributed by atoms with van der Waals surface area (Å²) in [4.78, 5) is 27.1. The van der Waals surface area contributed by atoms with Crippen molar-refractivity contribution >= 4 is 11.8 Å². The molecule has 0 unspecified atom stereocenters. The van der Waals surface area contributed by atoms with Crippen molar-refractivity contribution in [1.82, 2.24) is 10.2 Å². The van der Waals surface area contributed by atoms with Crippen molar-refractivity contribution in [2.45, 2.75) is 38.1 Å². The standard InChI is InChI=1S/C23H26N2O3/c1-15-2-6-17(7-3-15)20-13-25(14-21(20)24-23(28)18-8-9-18)22(27)12-16-4-10-19(26)11-5-16/h2-7,10-11,18,20-21,26H,8-9,12-14H2,1H3,(H,24,28)/t20-,21+/m0/s1. The normalized spacial score (nSPS) is 21.5. The van der Waals surface area contributed by atoms with Crippen LogP contribution in [-0.2, 0) is 16.0 Å². The van der Waals surface area contributed by atoms with E-state index in [0.29, 0.717) is 19.5 Å². The Labute approximate surface area is 165 Å². The van der Waals surface area contributed by atoms with E-state index in [1.807, 2.05) is 4.90 Å². The summed E-state index contributed by atoms with van der Waals surface area (Å²) in [6, 6.07) is 15.0. The van der Waals surface area contributed by atoms with Crippen LogP contribution < -0.4 is 5.32 Å². The lowest BCUT2D eigenvalue weighted by Crippen LogP contribution is -2.41. The van der Waals surface area contributed by atoms with Gasteiger partial charge in [0.15, 0.2) is 0 Å². The topological polar surface area (TPSA) is 69.6 Å². The van der Waals surface area contributed by atoms with E-state index < -0.39 is 0 Å². The first-order valence-electron chi connectivity index (χ1n) is 9.92. The Hall–Kier alpha value is -2.82.